The molecular weight excluding hydrogens is 270 g/mol. The summed E-state index contributed by atoms with van der Waals surface area (Å²) in [5, 5.41) is 9.34. The summed E-state index contributed by atoms with van der Waals surface area (Å²) in [5.74, 6) is 1.64. The van der Waals surface area contributed by atoms with Gasteiger partial charge in [0.05, 0.1) is 0 Å². The monoisotopic (exact) mass is 303 g/mol. The summed E-state index contributed by atoms with van der Waals surface area (Å²) in [6, 6.07) is 6.91. The largest absolute Gasteiger partial charge is 0.396 e. The van der Waals surface area contributed by atoms with E-state index in [1.54, 1.807) is 0 Å². The van der Waals surface area contributed by atoms with Gasteiger partial charge in [-0.25, -0.2) is 0 Å². The molecule has 0 heterocycles. The molecule has 3 N–H and O–H groups in total. The topological polar surface area (TPSA) is 46.2 Å². The number of aliphatic hydroxyl groups excluding tert-OH is 1. The van der Waals surface area contributed by atoms with Crippen molar-refractivity contribution in [2.45, 2.75) is 64.7 Å². The van der Waals surface area contributed by atoms with Crippen LogP contribution in [-0.4, -0.2) is 18.3 Å². The van der Waals surface area contributed by atoms with Crippen molar-refractivity contribution >= 4 is 0 Å². The summed E-state index contributed by atoms with van der Waals surface area (Å²) in [7, 11) is 0. The van der Waals surface area contributed by atoms with Crippen LogP contribution in [0.4, 0.5) is 0 Å². The van der Waals surface area contributed by atoms with Crippen molar-refractivity contribution in [2.24, 2.45) is 17.6 Å². The molecule has 2 rings (SSSR count). The Morgan fingerprint density at radius 3 is 2.32 bits per heavy atom. The summed E-state index contributed by atoms with van der Waals surface area (Å²) in [4.78, 5) is 0. The normalized spacial score (nSPS) is 24.3. The Kier molecular flexibility index (Phi) is 5.68. The standard InChI is InChI=1S/C20H33NO/c1-14-5-10-17(20(2,3)4)11-18(14)19(12-21)16-8-6-15(13-22)7-9-16/h5,10-11,15-16,19,22H,6-9,12-13,21H2,1-4H3. The highest BCUT2D eigenvalue weighted by Gasteiger charge is 2.29. The summed E-state index contributed by atoms with van der Waals surface area (Å²) >= 11 is 0. The van der Waals surface area contributed by atoms with Crippen LogP contribution >= 0.6 is 0 Å². The summed E-state index contributed by atoms with van der Waals surface area (Å²) in [6.45, 7) is 10.1. The summed E-state index contributed by atoms with van der Waals surface area (Å²) < 4.78 is 0. The van der Waals surface area contributed by atoms with Gasteiger partial charge >= 0.3 is 0 Å². The van der Waals surface area contributed by atoms with Crippen LogP contribution in [0.3, 0.4) is 0 Å². The molecule has 0 bridgehead atoms. The van der Waals surface area contributed by atoms with Crippen LogP contribution in [0.15, 0.2) is 18.2 Å². The van der Waals surface area contributed by atoms with Gasteiger partial charge in [-0.1, -0.05) is 39.0 Å². The first kappa shape index (κ1) is 17.5. The Balaban J connectivity index is 2.24. The maximum atomic E-state index is 9.34. The Bertz CT molecular complexity index is 481. The van der Waals surface area contributed by atoms with Gasteiger partial charge in [0.25, 0.3) is 0 Å². The zero-order valence-electron chi connectivity index (χ0n) is 14.7. The van der Waals surface area contributed by atoms with Crippen molar-refractivity contribution in [2.75, 3.05) is 13.2 Å². The molecule has 1 unspecified atom stereocenters. The first-order valence-electron chi connectivity index (χ1n) is 8.78. The highest BCUT2D eigenvalue weighted by atomic mass is 16.3. The molecule has 1 fully saturated rings. The van der Waals surface area contributed by atoms with Gasteiger partial charge in [0.2, 0.25) is 0 Å². The maximum Gasteiger partial charge on any atom is 0.0459 e. The number of benzene rings is 1. The number of aryl methyl sites for hydroxylation is 1. The van der Waals surface area contributed by atoms with E-state index in [0.29, 0.717) is 24.4 Å². The SMILES string of the molecule is Cc1ccc(C(C)(C)C)cc1C(CN)C1CCC(CO)CC1. The van der Waals surface area contributed by atoms with Crippen LogP contribution in [-0.2, 0) is 5.41 Å². The minimum Gasteiger partial charge on any atom is -0.396 e. The lowest BCUT2D eigenvalue weighted by Gasteiger charge is -2.34. The number of hydrogen-bond acceptors (Lipinski definition) is 2. The minimum atomic E-state index is 0.177. The van der Waals surface area contributed by atoms with Crippen molar-refractivity contribution in [1.82, 2.24) is 0 Å². The van der Waals surface area contributed by atoms with Gasteiger partial charge in [-0.3, -0.25) is 0 Å². The molecule has 0 spiro atoms. The van der Waals surface area contributed by atoms with E-state index in [4.69, 9.17) is 5.73 Å². The fourth-order valence-corrected chi connectivity index (χ4v) is 3.85. The van der Waals surface area contributed by atoms with Crippen LogP contribution in [0.1, 0.15) is 69.1 Å². The van der Waals surface area contributed by atoms with Crippen molar-refractivity contribution in [3.63, 3.8) is 0 Å². The molecule has 124 valence electrons. The van der Waals surface area contributed by atoms with Gasteiger partial charge in [0.1, 0.15) is 0 Å². The van der Waals surface area contributed by atoms with Gasteiger partial charge in [0.15, 0.2) is 0 Å². The zero-order valence-corrected chi connectivity index (χ0v) is 14.7. The third kappa shape index (κ3) is 3.91. The average Bonchev–Trinajstić information content (AvgIpc) is 2.49. The molecule has 1 saturated carbocycles. The van der Waals surface area contributed by atoms with Gasteiger partial charge < -0.3 is 10.8 Å². The molecule has 2 nitrogen and oxygen atoms in total. The molecule has 22 heavy (non-hydrogen) atoms. The van der Waals surface area contributed by atoms with E-state index in [1.165, 1.54) is 29.5 Å². The maximum absolute atomic E-state index is 9.34. The van der Waals surface area contributed by atoms with E-state index in [1.807, 2.05) is 0 Å². The molecule has 0 aliphatic heterocycles. The number of rotatable bonds is 4. The third-order valence-electron chi connectivity index (χ3n) is 5.52. The van der Waals surface area contributed by atoms with Crippen LogP contribution in [0.5, 0.6) is 0 Å². The molecule has 0 saturated heterocycles. The minimum absolute atomic E-state index is 0.177. The van der Waals surface area contributed by atoms with Crippen molar-refractivity contribution in [3.05, 3.63) is 34.9 Å². The first-order valence-corrected chi connectivity index (χ1v) is 8.78. The number of nitrogens with two attached hydrogens (primary N) is 1. The fourth-order valence-electron chi connectivity index (χ4n) is 3.85. The van der Waals surface area contributed by atoms with Gasteiger partial charge in [-0.15, -0.1) is 0 Å². The number of hydrogen-bond donors (Lipinski definition) is 2. The molecule has 1 aliphatic rings. The van der Waals surface area contributed by atoms with E-state index in [0.717, 1.165) is 19.4 Å². The van der Waals surface area contributed by atoms with Gasteiger partial charge in [-0.05, 0) is 79.0 Å². The lowest BCUT2D eigenvalue weighted by Crippen LogP contribution is -2.27. The first-order chi connectivity index (χ1) is 10.4. The van der Waals surface area contributed by atoms with E-state index >= 15 is 0 Å². The Hall–Kier alpha value is -0.860. The van der Waals surface area contributed by atoms with Crippen molar-refractivity contribution in [3.8, 4) is 0 Å². The quantitative estimate of drug-likeness (QED) is 0.878. The molecule has 1 atom stereocenters. The molecule has 1 aromatic rings. The Morgan fingerprint density at radius 1 is 1.18 bits per heavy atom. The van der Waals surface area contributed by atoms with Gasteiger partial charge in [-0.2, -0.15) is 0 Å². The Morgan fingerprint density at radius 2 is 1.82 bits per heavy atom. The molecular formula is C20H33NO. The highest BCUT2D eigenvalue weighted by molar-refractivity contribution is 5.37. The van der Waals surface area contributed by atoms with E-state index in [2.05, 4.69) is 45.9 Å². The third-order valence-corrected chi connectivity index (χ3v) is 5.52. The second-order valence-electron chi connectivity index (χ2n) is 8.13. The lowest BCUT2D eigenvalue weighted by atomic mass is 9.72. The lowest BCUT2D eigenvalue weighted by molar-refractivity contribution is 0.158. The zero-order chi connectivity index (χ0) is 16.3. The van der Waals surface area contributed by atoms with Crippen LogP contribution in [0.2, 0.25) is 0 Å². The predicted molar refractivity (Wildman–Crippen MR) is 94.2 cm³/mol. The van der Waals surface area contributed by atoms with Crippen molar-refractivity contribution < 1.29 is 5.11 Å². The highest BCUT2D eigenvalue weighted by Crippen LogP contribution is 2.39. The summed E-state index contributed by atoms with van der Waals surface area (Å²) in [6.07, 6.45) is 4.70. The number of aliphatic hydroxyl groups is 1. The van der Waals surface area contributed by atoms with Crippen molar-refractivity contribution in [1.29, 1.82) is 0 Å². The smallest absolute Gasteiger partial charge is 0.0459 e. The van der Waals surface area contributed by atoms with Crippen LogP contribution in [0.25, 0.3) is 0 Å². The molecule has 1 aromatic carbocycles. The van der Waals surface area contributed by atoms with Crippen LogP contribution in [0, 0.1) is 18.8 Å². The molecule has 2 heteroatoms. The van der Waals surface area contributed by atoms with E-state index in [9.17, 15) is 5.11 Å². The van der Waals surface area contributed by atoms with Gasteiger partial charge in [0, 0.05) is 6.61 Å². The predicted octanol–water partition coefficient (Wildman–Crippen LogP) is 4.13. The Labute approximate surface area is 136 Å². The van der Waals surface area contributed by atoms with E-state index in [-0.39, 0.29) is 5.41 Å². The molecule has 1 aliphatic carbocycles. The van der Waals surface area contributed by atoms with Crippen LogP contribution < -0.4 is 5.73 Å². The molecule has 0 aromatic heterocycles. The summed E-state index contributed by atoms with van der Waals surface area (Å²) in [5.41, 5.74) is 10.6. The molecule has 0 amide bonds. The fraction of sp³-hybridized carbons (Fsp3) is 0.700. The second-order valence-corrected chi connectivity index (χ2v) is 8.13. The average molecular weight is 303 g/mol. The van der Waals surface area contributed by atoms with E-state index < -0.39 is 0 Å². The second kappa shape index (κ2) is 7.14. The molecule has 0 radical (unpaired) electrons.